The third kappa shape index (κ3) is 6.40. The summed E-state index contributed by atoms with van der Waals surface area (Å²) in [6.07, 6.45) is -2.93. The van der Waals surface area contributed by atoms with E-state index in [9.17, 15) is 27.9 Å². The lowest BCUT2D eigenvalue weighted by Crippen LogP contribution is -2.47. The van der Waals surface area contributed by atoms with E-state index in [-0.39, 0.29) is 19.5 Å². The highest BCUT2D eigenvalue weighted by molar-refractivity contribution is 5.86. The molecule has 1 aliphatic rings. The molecule has 1 saturated heterocycles. The average Bonchev–Trinajstić information content (AvgIpc) is 3.06. The second-order valence-electron chi connectivity index (χ2n) is 9.37. The van der Waals surface area contributed by atoms with E-state index >= 15 is 0 Å². The second-order valence-corrected chi connectivity index (χ2v) is 9.37. The molecule has 2 atom stereocenters. The molecule has 1 aliphatic heterocycles. The number of carbonyl (C=O) groups is 2. The average molecular weight is 481 g/mol. The number of carbonyl (C=O) groups excluding carboxylic acids is 2. The van der Waals surface area contributed by atoms with Crippen LogP contribution in [-0.4, -0.2) is 60.7 Å². The highest BCUT2D eigenvalue weighted by Gasteiger charge is 2.46. The van der Waals surface area contributed by atoms with Gasteiger partial charge in [0.25, 0.3) is 0 Å². The van der Waals surface area contributed by atoms with Gasteiger partial charge in [-0.3, -0.25) is 14.7 Å². The smallest absolute Gasteiger partial charge is 0.433 e. The zero-order valence-corrected chi connectivity index (χ0v) is 19.2. The first kappa shape index (κ1) is 25.3. The van der Waals surface area contributed by atoms with Gasteiger partial charge in [0, 0.05) is 18.2 Å². The van der Waals surface area contributed by atoms with Crippen LogP contribution in [0.4, 0.5) is 18.0 Å². The Hall–Kier alpha value is -3.28. The Morgan fingerprint density at radius 1 is 1.24 bits per heavy atom. The van der Waals surface area contributed by atoms with Crippen LogP contribution in [0.2, 0.25) is 0 Å². The fraction of sp³-hybridized carbons (Fsp3) is 0.500. The number of likely N-dealkylation sites (tertiary alicyclic amines) is 1. The Morgan fingerprint density at radius 2 is 1.94 bits per heavy atom. The van der Waals surface area contributed by atoms with E-state index in [1.807, 2.05) is 0 Å². The molecule has 1 fully saturated rings. The van der Waals surface area contributed by atoms with Gasteiger partial charge in [-0.15, -0.1) is 0 Å². The van der Waals surface area contributed by atoms with Crippen molar-refractivity contribution >= 4 is 12.0 Å². The van der Waals surface area contributed by atoms with Crippen LogP contribution >= 0.6 is 0 Å². The maximum atomic E-state index is 12.8. The molecule has 0 aliphatic carbocycles. The number of hydrogen-bond donors (Lipinski definition) is 2. The van der Waals surface area contributed by atoms with Gasteiger partial charge in [-0.05, 0) is 45.9 Å². The minimum absolute atomic E-state index is 0.0246. The van der Waals surface area contributed by atoms with E-state index in [4.69, 9.17) is 4.74 Å². The third-order valence-corrected chi connectivity index (χ3v) is 4.97. The Bertz CT molecular complexity index is 1050. The summed E-state index contributed by atoms with van der Waals surface area (Å²) in [4.78, 5) is 38.1. The molecule has 3 heterocycles. The highest BCUT2D eigenvalue weighted by atomic mass is 19.4. The van der Waals surface area contributed by atoms with Crippen LogP contribution in [0.1, 0.15) is 45.5 Å². The molecule has 0 saturated carbocycles. The van der Waals surface area contributed by atoms with E-state index < -0.39 is 41.1 Å². The summed E-state index contributed by atoms with van der Waals surface area (Å²) in [5.74, 6) is -0.500. The molecule has 9 nitrogen and oxygen atoms in total. The van der Waals surface area contributed by atoms with Crippen molar-refractivity contribution in [3.63, 3.8) is 0 Å². The first-order valence-electron chi connectivity index (χ1n) is 10.5. The fourth-order valence-corrected chi connectivity index (χ4v) is 3.48. The van der Waals surface area contributed by atoms with Gasteiger partial charge in [0.2, 0.25) is 5.91 Å². The van der Waals surface area contributed by atoms with Crippen LogP contribution < -0.4 is 5.32 Å². The van der Waals surface area contributed by atoms with Crippen molar-refractivity contribution < 1.29 is 32.6 Å². The number of alkyl halides is 3. The quantitative estimate of drug-likeness (QED) is 0.690. The molecule has 2 amide bonds. The molecule has 0 radical (unpaired) electrons. The van der Waals surface area contributed by atoms with Crippen molar-refractivity contribution in [2.24, 2.45) is 0 Å². The molecule has 3 rings (SSSR count). The number of aliphatic hydroxyl groups is 1. The summed E-state index contributed by atoms with van der Waals surface area (Å²) >= 11 is 0. The van der Waals surface area contributed by atoms with Crippen LogP contribution in [0.5, 0.6) is 0 Å². The largest absolute Gasteiger partial charge is 0.444 e. The molecule has 34 heavy (non-hydrogen) atoms. The predicted octanol–water partition coefficient (Wildman–Crippen LogP) is 2.93. The van der Waals surface area contributed by atoms with Crippen molar-refractivity contribution in [1.82, 2.24) is 25.2 Å². The summed E-state index contributed by atoms with van der Waals surface area (Å²) < 4.78 is 43.5. The van der Waals surface area contributed by atoms with Gasteiger partial charge in [-0.25, -0.2) is 14.8 Å². The zero-order chi connectivity index (χ0) is 25.3. The maximum Gasteiger partial charge on any atom is 0.433 e. The molecule has 184 valence electrons. The molecular weight excluding hydrogens is 455 g/mol. The van der Waals surface area contributed by atoms with Gasteiger partial charge < -0.3 is 15.2 Å². The Kier molecular flexibility index (Phi) is 6.83. The van der Waals surface area contributed by atoms with Crippen LogP contribution in [0, 0.1) is 0 Å². The lowest BCUT2D eigenvalue weighted by atomic mass is 10.0. The summed E-state index contributed by atoms with van der Waals surface area (Å²) in [5.41, 5.74) is -1.95. The number of pyridine rings is 1. The van der Waals surface area contributed by atoms with Gasteiger partial charge in [0.1, 0.15) is 23.7 Å². The maximum absolute atomic E-state index is 12.8. The van der Waals surface area contributed by atoms with Crippen LogP contribution in [0.15, 0.2) is 30.7 Å². The van der Waals surface area contributed by atoms with Crippen molar-refractivity contribution in [2.45, 2.75) is 64.1 Å². The van der Waals surface area contributed by atoms with E-state index in [1.165, 1.54) is 30.3 Å². The van der Waals surface area contributed by atoms with Crippen LogP contribution in [-0.2, 0) is 22.3 Å². The van der Waals surface area contributed by atoms with E-state index in [1.54, 1.807) is 20.8 Å². The Labute approximate surface area is 194 Å². The number of nitrogens with zero attached hydrogens (tertiary/aromatic N) is 4. The standard InChI is InChI=1S/C22H26F3N5O4/c1-20(2,3)34-19(32)30-11-21(4,33)8-16(30)18(31)27-10-14-7-15(29-12-28-14)13-5-6-17(26-9-13)22(23,24)25/h5-7,9,12,16,33H,8,10-11H2,1-4H3,(H,27,31). The number of amides is 2. The van der Waals surface area contributed by atoms with E-state index in [2.05, 4.69) is 20.3 Å². The van der Waals surface area contributed by atoms with Crippen molar-refractivity contribution in [2.75, 3.05) is 6.54 Å². The van der Waals surface area contributed by atoms with Gasteiger partial charge >= 0.3 is 12.3 Å². The number of β-amino-alcohol motifs (C(OH)–C–C–N with tert-alkyl or cyclic N) is 1. The number of halogens is 3. The van der Waals surface area contributed by atoms with Gasteiger partial charge in [0.05, 0.1) is 30.1 Å². The lowest BCUT2D eigenvalue weighted by molar-refractivity contribution is -0.141. The summed E-state index contributed by atoms with van der Waals surface area (Å²) in [7, 11) is 0. The Morgan fingerprint density at radius 3 is 2.53 bits per heavy atom. The fourth-order valence-electron chi connectivity index (χ4n) is 3.48. The Balaban J connectivity index is 1.69. The van der Waals surface area contributed by atoms with Gasteiger partial charge in [0.15, 0.2) is 0 Å². The molecule has 2 aromatic rings. The minimum atomic E-state index is -4.54. The lowest BCUT2D eigenvalue weighted by Gasteiger charge is -2.28. The second kappa shape index (κ2) is 9.16. The van der Waals surface area contributed by atoms with Crippen molar-refractivity contribution in [3.05, 3.63) is 42.1 Å². The molecule has 0 aromatic carbocycles. The topological polar surface area (TPSA) is 118 Å². The SMILES string of the molecule is CC1(O)CC(C(=O)NCc2cc(-c3ccc(C(F)(F)F)nc3)ncn2)N(C(=O)OC(C)(C)C)C1. The number of hydrogen-bond acceptors (Lipinski definition) is 7. The van der Waals surface area contributed by atoms with Crippen LogP contribution in [0.25, 0.3) is 11.3 Å². The van der Waals surface area contributed by atoms with E-state index in [0.717, 1.165) is 12.3 Å². The first-order valence-corrected chi connectivity index (χ1v) is 10.5. The van der Waals surface area contributed by atoms with Crippen molar-refractivity contribution in [1.29, 1.82) is 0 Å². The number of nitrogens with one attached hydrogen (secondary N) is 1. The molecule has 2 aromatic heterocycles. The number of aromatic nitrogens is 3. The molecular formula is C22H26F3N5O4. The van der Waals surface area contributed by atoms with Crippen molar-refractivity contribution in [3.8, 4) is 11.3 Å². The van der Waals surface area contributed by atoms with Gasteiger partial charge in [-0.1, -0.05) is 0 Å². The zero-order valence-electron chi connectivity index (χ0n) is 19.2. The normalized spacial score (nSPS) is 20.8. The summed E-state index contributed by atoms with van der Waals surface area (Å²) in [6, 6.07) is 2.68. The highest BCUT2D eigenvalue weighted by Crippen LogP contribution is 2.30. The molecule has 12 heteroatoms. The number of rotatable bonds is 4. The van der Waals surface area contributed by atoms with Gasteiger partial charge in [-0.2, -0.15) is 13.2 Å². The molecule has 2 N–H and O–H groups in total. The summed E-state index contributed by atoms with van der Waals surface area (Å²) in [5, 5.41) is 13.1. The molecule has 2 unspecified atom stereocenters. The molecule has 0 bridgehead atoms. The first-order chi connectivity index (χ1) is 15.6. The van der Waals surface area contributed by atoms with E-state index in [0.29, 0.717) is 17.0 Å². The summed E-state index contributed by atoms with van der Waals surface area (Å²) in [6.45, 7) is 6.56. The monoisotopic (exact) mass is 481 g/mol. The number of ether oxygens (including phenoxy) is 1. The molecule has 0 spiro atoms. The minimum Gasteiger partial charge on any atom is -0.444 e. The predicted molar refractivity (Wildman–Crippen MR) is 114 cm³/mol. The third-order valence-electron chi connectivity index (χ3n) is 4.97. The van der Waals surface area contributed by atoms with Crippen LogP contribution in [0.3, 0.4) is 0 Å².